The van der Waals surface area contributed by atoms with Crippen LogP contribution in [0.4, 0.5) is 0 Å². The Labute approximate surface area is 137 Å². The van der Waals surface area contributed by atoms with Crippen LogP contribution in [0.25, 0.3) is 0 Å². The molecular weight excluding hydrogens is 325 g/mol. The molecule has 0 unspecified atom stereocenters. The Hall–Kier alpha value is -2.22. The largest absolute Gasteiger partial charge is 0.490 e. The van der Waals surface area contributed by atoms with Gasteiger partial charge in [-0.15, -0.1) is 0 Å². The van der Waals surface area contributed by atoms with Gasteiger partial charge < -0.3 is 9.47 Å². The molecule has 0 bridgehead atoms. The van der Waals surface area contributed by atoms with Gasteiger partial charge in [0.1, 0.15) is 19.0 Å². The minimum atomic E-state index is -0.559. The summed E-state index contributed by atoms with van der Waals surface area (Å²) in [6.45, 7) is 0.261. The number of esters is 1. The van der Waals surface area contributed by atoms with Crippen molar-refractivity contribution >= 4 is 29.2 Å². The van der Waals surface area contributed by atoms with E-state index in [4.69, 9.17) is 37.9 Å². The maximum atomic E-state index is 11.9. The van der Waals surface area contributed by atoms with Crippen LogP contribution in [0.3, 0.4) is 0 Å². The number of rotatable bonds is 5. The summed E-state index contributed by atoms with van der Waals surface area (Å²) in [6.07, 6.45) is 0. The Kier molecular flexibility index (Phi) is 5.65. The molecular formula is C16H11Cl2NO3. The molecule has 2 rings (SSSR count). The van der Waals surface area contributed by atoms with E-state index in [-0.39, 0.29) is 23.8 Å². The molecule has 0 spiro atoms. The van der Waals surface area contributed by atoms with E-state index >= 15 is 0 Å². The van der Waals surface area contributed by atoms with Crippen molar-refractivity contribution in [3.8, 4) is 11.8 Å². The molecule has 0 fully saturated rings. The van der Waals surface area contributed by atoms with E-state index < -0.39 is 5.97 Å². The Morgan fingerprint density at radius 2 is 1.82 bits per heavy atom. The van der Waals surface area contributed by atoms with Crippen molar-refractivity contribution in [2.24, 2.45) is 0 Å². The molecule has 2 aromatic carbocycles. The van der Waals surface area contributed by atoms with Gasteiger partial charge in [-0.1, -0.05) is 29.3 Å². The molecule has 0 aliphatic carbocycles. The topological polar surface area (TPSA) is 59.3 Å². The monoisotopic (exact) mass is 335 g/mol. The van der Waals surface area contributed by atoms with Gasteiger partial charge in [-0.3, -0.25) is 0 Å². The number of ether oxygens (including phenoxy) is 2. The lowest BCUT2D eigenvalue weighted by molar-refractivity contribution is 0.0450. The molecule has 0 atom stereocenters. The van der Waals surface area contributed by atoms with Crippen LogP contribution in [0.1, 0.15) is 15.9 Å². The summed E-state index contributed by atoms with van der Waals surface area (Å²) in [5, 5.41) is 9.15. The minimum Gasteiger partial charge on any atom is -0.490 e. The summed E-state index contributed by atoms with van der Waals surface area (Å²) in [6, 6.07) is 13.4. The lowest BCUT2D eigenvalue weighted by atomic mass is 10.2. The number of nitriles is 1. The van der Waals surface area contributed by atoms with Gasteiger partial charge in [-0.2, -0.15) is 5.26 Å². The molecule has 0 heterocycles. The number of carbonyl (C=O) groups is 1. The van der Waals surface area contributed by atoms with Gasteiger partial charge in [-0.25, -0.2) is 4.79 Å². The molecule has 0 saturated heterocycles. The van der Waals surface area contributed by atoms with Gasteiger partial charge >= 0.3 is 5.97 Å². The van der Waals surface area contributed by atoms with Gasteiger partial charge in [0.15, 0.2) is 0 Å². The molecule has 0 radical (unpaired) electrons. The van der Waals surface area contributed by atoms with Crippen LogP contribution in [0, 0.1) is 11.3 Å². The summed E-state index contributed by atoms with van der Waals surface area (Å²) >= 11 is 11.8. The van der Waals surface area contributed by atoms with Crippen molar-refractivity contribution < 1.29 is 14.3 Å². The van der Waals surface area contributed by atoms with E-state index in [0.717, 1.165) is 0 Å². The summed E-state index contributed by atoms with van der Waals surface area (Å²) in [4.78, 5) is 11.9. The fourth-order valence-electron chi connectivity index (χ4n) is 1.66. The average molecular weight is 336 g/mol. The fourth-order valence-corrected chi connectivity index (χ4v) is 2.04. The highest BCUT2D eigenvalue weighted by Gasteiger charge is 2.13. The lowest BCUT2D eigenvalue weighted by Gasteiger charge is -2.08. The number of carbonyl (C=O) groups excluding carboxylic acids is 1. The highest BCUT2D eigenvalue weighted by Crippen LogP contribution is 2.25. The summed E-state index contributed by atoms with van der Waals surface area (Å²) in [5.74, 6) is 0.0340. The molecule has 2 aromatic rings. The van der Waals surface area contributed by atoms with Gasteiger partial charge in [-0.05, 0) is 36.4 Å². The van der Waals surface area contributed by atoms with Gasteiger partial charge in [0.2, 0.25) is 0 Å². The highest BCUT2D eigenvalue weighted by atomic mass is 35.5. The molecule has 0 N–H and O–H groups in total. The van der Waals surface area contributed by atoms with Crippen LogP contribution in [-0.4, -0.2) is 19.2 Å². The first-order valence-corrected chi connectivity index (χ1v) is 7.11. The van der Waals surface area contributed by atoms with E-state index in [0.29, 0.717) is 16.3 Å². The maximum absolute atomic E-state index is 11.9. The molecule has 4 nitrogen and oxygen atoms in total. The SMILES string of the molecule is N#Cc1ccc(OCCOC(=O)c2cccc(Cl)c2Cl)cc1. The standard InChI is InChI=1S/C16H11Cl2NO3/c17-14-3-1-2-13(15(14)18)16(20)22-9-8-21-12-6-4-11(10-19)5-7-12/h1-7H,8-9H2. The number of hydrogen-bond donors (Lipinski definition) is 0. The second kappa shape index (κ2) is 7.69. The normalized spacial score (nSPS) is 9.86. The number of halogens is 2. The first-order chi connectivity index (χ1) is 10.6. The van der Waals surface area contributed by atoms with Gasteiger partial charge in [0, 0.05) is 0 Å². The number of hydrogen-bond acceptors (Lipinski definition) is 4. The second-order valence-electron chi connectivity index (χ2n) is 4.22. The van der Waals surface area contributed by atoms with Gasteiger partial charge in [0.25, 0.3) is 0 Å². The van der Waals surface area contributed by atoms with Crippen LogP contribution in [0.15, 0.2) is 42.5 Å². The lowest BCUT2D eigenvalue weighted by Crippen LogP contribution is -2.12. The molecule has 0 saturated carbocycles. The molecule has 0 aromatic heterocycles. The number of benzene rings is 2. The third-order valence-electron chi connectivity index (χ3n) is 2.74. The first-order valence-electron chi connectivity index (χ1n) is 6.36. The Morgan fingerprint density at radius 1 is 1.09 bits per heavy atom. The predicted octanol–water partition coefficient (Wildman–Crippen LogP) is 4.10. The van der Waals surface area contributed by atoms with Crippen LogP contribution in [-0.2, 0) is 4.74 Å². The summed E-state index contributed by atoms with van der Waals surface area (Å²) in [7, 11) is 0. The van der Waals surface area contributed by atoms with Crippen LogP contribution in [0.2, 0.25) is 10.0 Å². The van der Waals surface area contributed by atoms with Crippen molar-refractivity contribution in [2.45, 2.75) is 0 Å². The maximum Gasteiger partial charge on any atom is 0.339 e. The van der Waals surface area contributed by atoms with Crippen molar-refractivity contribution in [3.05, 3.63) is 63.6 Å². The molecule has 0 amide bonds. The van der Waals surface area contributed by atoms with E-state index in [1.165, 1.54) is 6.07 Å². The van der Waals surface area contributed by atoms with E-state index in [2.05, 4.69) is 0 Å². The molecule has 112 valence electrons. The van der Waals surface area contributed by atoms with Gasteiger partial charge in [0.05, 0.1) is 27.2 Å². The smallest absolute Gasteiger partial charge is 0.339 e. The highest BCUT2D eigenvalue weighted by molar-refractivity contribution is 6.43. The zero-order valence-corrected chi connectivity index (χ0v) is 12.9. The average Bonchev–Trinajstić information content (AvgIpc) is 2.54. The first kappa shape index (κ1) is 16.2. The van der Waals surface area contributed by atoms with Crippen LogP contribution in [0.5, 0.6) is 5.75 Å². The third-order valence-corrected chi connectivity index (χ3v) is 3.56. The van der Waals surface area contributed by atoms with Crippen LogP contribution < -0.4 is 4.74 Å². The third kappa shape index (κ3) is 4.14. The van der Waals surface area contributed by atoms with Crippen molar-refractivity contribution in [1.29, 1.82) is 5.26 Å². The zero-order chi connectivity index (χ0) is 15.9. The zero-order valence-electron chi connectivity index (χ0n) is 11.4. The van der Waals surface area contributed by atoms with Crippen molar-refractivity contribution in [2.75, 3.05) is 13.2 Å². The van der Waals surface area contributed by atoms with Crippen molar-refractivity contribution in [3.63, 3.8) is 0 Å². The van der Waals surface area contributed by atoms with E-state index in [9.17, 15) is 4.79 Å². The Morgan fingerprint density at radius 3 is 2.50 bits per heavy atom. The fraction of sp³-hybridized carbons (Fsp3) is 0.125. The quantitative estimate of drug-likeness (QED) is 0.609. The molecule has 6 heteroatoms. The summed E-state index contributed by atoms with van der Waals surface area (Å²) < 4.78 is 10.5. The Balaban J connectivity index is 1.82. The van der Waals surface area contributed by atoms with E-state index in [1.54, 1.807) is 36.4 Å². The van der Waals surface area contributed by atoms with Crippen LogP contribution >= 0.6 is 23.2 Å². The number of nitrogens with zero attached hydrogens (tertiary/aromatic N) is 1. The summed E-state index contributed by atoms with van der Waals surface area (Å²) in [5.41, 5.74) is 0.766. The van der Waals surface area contributed by atoms with E-state index in [1.807, 2.05) is 6.07 Å². The molecule has 22 heavy (non-hydrogen) atoms. The molecule has 0 aliphatic rings. The van der Waals surface area contributed by atoms with Crippen molar-refractivity contribution in [1.82, 2.24) is 0 Å². The Bertz CT molecular complexity index is 708. The second-order valence-corrected chi connectivity index (χ2v) is 5.01. The predicted molar refractivity (Wildman–Crippen MR) is 83.4 cm³/mol. The molecule has 0 aliphatic heterocycles. The minimum absolute atomic E-state index is 0.0711.